The monoisotopic (exact) mass is 1910 g/mol. The number of benzene rings is 21. The minimum Gasteiger partial charge on any atom is -0.456 e. The maximum Gasteiger partial charge on any atom is 0.166 e. The molecule has 21 aromatic carbocycles. The molecule has 0 aliphatic heterocycles. The number of aromatic nitrogens is 14. The number of nitrogens with zero attached hydrogens (tertiary/aromatic N) is 14. The summed E-state index contributed by atoms with van der Waals surface area (Å²) < 4.78 is 15.9. The number of imidazole rings is 1. The Kier molecular flexibility index (Phi) is 22.2. The Balaban J connectivity index is 0.000000111. The number of hydrogen-bond acceptors (Lipinski definition) is 11. The van der Waals surface area contributed by atoms with Crippen LogP contribution in [0.5, 0.6) is 0 Å². The molecule has 0 aliphatic carbocycles. The van der Waals surface area contributed by atoms with E-state index >= 15 is 0 Å². The lowest BCUT2D eigenvalue weighted by Crippen LogP contribution is -2.03. The zero-order valence-electron chi connectivity index (χ0n) is 80.3. The second kappa shape index (κ2) is 37.8. The fourth-order valence-corrected chi connectivity index (χ4v) is 21.0. The molecular weight excluding hydrogens is 1820 g/mol. The number of para-hydroxylation sites is 7. The molecule has 0 spiro atoms. The average Bonchev–Trinajstić information content (AvgIpc) is 1.56. The van der Waals surface area contributed by atoms with E-state index in [2.05, 4.69) is 334 Å². The average molecular weight is 1910 g/mol. The smallest absolute Gasteiger partial charge is 0.166 e. The van der Waals surface area contributed by atoms with Crippen LogP contribution in [0.15, 0.2) is 526 Å². The molecule has 15 heteroatoms. The van der Waals surface area contributed by atoms with Gasteiger partial charge in [0.05, 0.1) is 55.2 Å². The summed E-state index contributed by atoms with van der Waals surface area (Å²) in [6.45, 7) is 0. The maximum atomic E-state index is 6.56. The van der Waals surface area contributed by atoms with Gasteiger partial charge in [0, 0.05) is 105 Å². The van der Waals surface area contributed by atoms with Crippen molar-refractivity contribution in [1.82, 2.24) is 68.1 Å². The molecule has 0 saturated heterocycles. The minimum atomic E-state index is 0.621. The summed E-state index contributed by atoms with van der Waals surface area (Å²) >= 11 is 0. The maximum absolute atomic E-state index is 6.56. The summed E-state index contributed by atoms with van der Waals surface area (Å²) in [4.78, 5) is 49.8. The van der Waals surface area contributed by atoms with Gasteiger partial charge in [0.25, 0.3) is 0 Å². The van der Waals surface area contributed by atoms with Crippen molar-refractivity contribution in [2.24, 2.45) is 0 Å². The molecule has 0 atom stereocenters. The SMILES string of the molecule is c1ccc(-c2nc(-c3ccccc3)nc(-c3cccc(-c4ccc(-c5nc6ccccc6n5-c5ccccc5)cc4)c3)n2)cc1.c1ccc(-c2nc(-c3ccccc3)nc(-c3cccc(-c4cccc(-n5c6cccc7oc8ccccc8c8cccc5c8c76)c4)c3)n2)cc1.c1ccc(-c2nc(-c3ccccc3)nc(-c3ccccc3-n3c4ccccc4c4cc5c6c7ccccc7ccc6n(-c6ccccc6)c5cc43)n2)cc1. The third-order valence-electron chi connectivity index (χ3n) is 27.9. The zero-order valence-corrected chi connectivity index (χ0v) is 80.3. The highest BCUT2D eigenvalue weighted by Gasteiger charge is 2.27. The molecule has 0 N–H and O–H groups in total. The Labute approximate surface area is 856 Å². The predicted molar refractivity (Wildman–Crippen MR) is 607 cm³/mol. The van der Waals surface area contributed by atoms with Crippen LogP contribution in [0.3, 0.4) is 0 Å². The van der Waals surface area contributed by atoms with Crippen LogP contribution in [-0.4, -0.2) is 68.1 Å². The Morgan fingerprint density at radius 1 is 0.154 bits per heavy atom. The van der Waals surface area contributed by atoms with E-state index in [9.17, 15) is 0 Å². The van der Waals surface area contributed by atoms with Crippen LogP contribution < -0.4 is 0 Å². The zero-order chi connectivity index (χ0) is 98.6. The second-order valence-electron chi connectivity index (χ2n) is 36.9. The Morgan fingerprint density at radius 2 is 0.517 bits per heavy atom. The van der Waals surface area contributed by atoms with Crippen molar-refractivity contribution in [3.8, 4) is 159 Å². The van der Waals surface area contributed by atoms with Gasteiger partial charge in [0.15, 0.2) is 52.4 Å². The summed E-state index contributed by atoms with van der Waals surface area (Å²) in [5, 5.41) is 12.0. The van der Waals surface area contributed by atoms with Gasteiger partial charge in [-0.1, -0.05) is 400 Å². The van der Waals surface area contributed by atoms with Crippen LogP contribution in [0.25, 0.3) is 268 Å². The quantitative estimate of drug-likeness (QED) is 0.0905. The lowest BCUT2D eigenvalue weighted by Gasteiger charge is -2.15. The highest BCUT2D eigenvalue weighted by molar-refractivity contribution is 6.28. The molecule has 0 radical (unpaired) electrons. The van der Waals surface area contributed by atoms with E-state index in [-0.39, 0.29) is 0 Å². The molecule has 15 nitrogen and oxygen atoms in total. The van der Waals surface area contributed by atoms with Gasteiger partial charge in [-0.05, 0) is 160 Å². The summed E-state index contributed by atoms with van der Waals surface area (Å²) in [6.07, 6.45) is 0. The largest absolute Gasteiger partial charge is 0.456 e. The molecule has 0 aliphatic rings. The summed E-state index contributed by atoms with van der Waals surface area (Å²) in [6, 6.07) is 180. The van der Waals surface area contributed by atoms with Gasteiger partial charge in [-0.3, -0.25) is 4.57 Å². The van der Waals surface area contributed by atoms with E-state index in [0.29, 0.717) is 52.4 Å². The number of fused-ring (bicyclic) bond motifs is 11. The number of hydrogen-bond donors (Lipinski definition) is 0. The van der Waals surface area contributed by atoms with Crippen molar-refractivity contribution in [2.75, 3.05) is 0 Å². The third-order valence-corrected chi connectivity index (χ3v) is 27.9. The lowest BCUT2D eigenvalue weighted by molar-refractivity contribution is 0.664. The molecular formula is C134H86N14O. The fourth-order valence-electron chi connectivity index (χ4n) is 21.0. The third kappa shape index (κ3) is 16.3. The van der Waals surface area contributed by atoms with Gasteiger partial charge in [-0.25, -0.2) is 49.8 Å². The summed E-state index contributed by atoms with van der Waals surface area (Å²) in [5.74, 6) is 6.66. The Bertz CT molecular complexity index is 9970. The summed E-state index contributed by atoms with van der Waals surface area (Å²) in [5.41, 5.74) is 28.8. The van der Waals surface area contributed by atoms with Crippen molar-refractivity contribution in [3.63, 3.8) is 0 Å². The van der Waals surface area contributed by atoms with Crippen molar-refractivity contribution in [3.05, 3.63) is 522 Å². The van der Waals surface area contributed by atoms with Gasteiger partial charge in [0.2, 0.25) is 0 Å². The van der Waals surface area contributed by atoms with E-state index < -0.39 is 0 Å². The van der Waals surface area contributed by atoms with Gasteiger partial charge < -0.3 is 18.1 Å². The van der Waals surface area contributed by atoms with Crippen molar-refractivity contribution in [2.45, 2.75) is 0 Å². The van der Waals surface area contributed by atoms with Crippen LogP contribution in [0, 0.1) is 0 Å². The van der Waals surface area contributed by atoms with E-state index in [1.165, 1.54) is 48.6 Å². The van der Waals surface area contributed by atoms with Gasteiger partial charge in [0.1, 0.15) is 17.0 Å². The van der Waals surface area contributed by atoms with E-state index in [0.717, 1.165) is 167 Å². The first kappa shape index (κ1) is 87.6. The molecule has 0 amide bonds. The molecule has 149 heavy (non-hydrogen) atoms. The molecule has 0 unspecified atom stereocenters. The highest BCUT2D eigenvalue weighted by Crippen LogP contribution is 2.47. The molecule has 29 rings (SSSR count). The Morgan fingerprint density at radius 3 is 1.08 bits per heavy atom. The molecule has 8 aromatic heterocycles. The molecule has 698 valence electrons. The van der Waals surface area contributed by atoms with Crippen molar-refractivity contribution < 1.29 is 4.42 Å². The van der Waals surface area contributed by atoms with Crippen LogP contribution in [0.2, 0.25) is 0 Å². The molecule has 0 fully saturated rings. The summed E-state index contributed by atoms with van der Waals surface area (Å²) in [7, 11) is 0. The van der Waals surface area contributed by atoms with Crippen molar-refractivity contribution in [1.29, 1.82) is 0 Å². The minimum absolute atomic E-state index is 0.621. The highest BCUT2D eigenvalue weighted by atomic mass is 16.3. The van der Waals surface area contributed by atoms with Gasteiger partial charge in [-0.2, -0.15) is 0 Å². The first-order chi connectivity index (χ1) is 73.9. The first-order valence-electron chi connectivity index (χ1n) is 49.8. The van der Waals surface area contributed by atoms with E-state index in [1.54, 1.807) is 0 Å². The number of rotatable bonds is 16. The van der Waals surface area contributed by atoms with Gasteiger partial charge >= 0.3 is 0 Å². The van der Waals surface area contributed by atoms with E-state index in [1.807, 2.05) is 206 Å². The second-order valence-corrected chi connectivity index (χ2v) is 36.9. The van der Waals surface area contributed by atoms with Crippen LogP contribution in [-0.2, 0) is 0 Å². The van der Waals surface area contributed by atoms with Crippen molar-refractivity contribution >= 4 is 109 Å². The van der Waals surface area contributed by atoms with Gasteiger partial charge in [-0.15, -0.1) is 0 Å². The Hall–Kier alpha value is -20.4. The molecule has 0 saturated carbocycles. The van der Waals surface area contributed by atoms with Crippen LogP contribution in [0.1, 0.15) is 0 Å². The van der Waals surface area contributed by atoms with Crippen LogP contribution >= 0.6 is 0 Å². The lowest BCUT2D eigenvalue weighted by atomic mass is 10.0. The first-order valence-corrected chi connectivity index (χ1v) is 49.8. The fraction of sp³-hybridized carbons (Fsp3) is 0. The molecule has 8 heterocycles. The van der Waals surface area contributed by atoms with E-state index in [4.69, 9.17) is 54.3 Å². The topological polar surface area (TPSA) is 162 Å². The molecule has 0 bridgehead atoms. The van der Waals surface area contributed by atoms with Crippen LogP contribution in [0.4, 0.5) is 0 Å². The molecule has 29 aromatic rings. The standard InChI is InChI=1S/C49H31N5.C45H28N4O.C40H27N5/c1-4-17-33(18-5-1)47-50-48(34-19-6-2-7-20-34)52-49(51-47)38-25-13-15-27-42(38)54-41-26-14-12-24-37(41)39-30-40-45(31-44(39)54)53(35-21-8-3-9-22-35)43-29-28-32-16-10-11-23-36(32)46(40)43;1-3-13-29(14-4-1)43-46-44(30-15-5-2-6-16-30)48-45(47-43)33-19-9-17-31(27-33)32-18-10-20-34(28-32)49-37-23-11-22-36-35-21-7-8-25-39(35)50-40-26-12-24-38(49)42(40)41(36)37;1-4-13-29(14-5-1)37-42-38(30-15-6-2-7-16-30)44-39(43-37)33-18-12-17-32(27-33)28-23-25-31(26-24-28)40-41-35-21-10-11-22-36(35)45(40)34-19-8-3-9-20-34/h1-31H;1-28H;1-27H. The normalized spacial score (nSPS) is 11.5. The predicted octanol–water partition coefficient (Wildman–Crippen LogP) is 33.3.